The van der Waals surface area contributed by atoms with Crippen molar-refractivity contribution in [2.24, 2.45) is 11.8 Å². The molecule has 46 heavy (non-hydrogen) atoms. The number of carbonyl (C=O) groups is 1. The first kappa shape index (κ1) is 34.9. The van der Waals surface area contributed by atoms with Crippen LogP contribution in [0.5, 0.6) is 0 Å². The Bertz CT molecular complexity index is 1470. The fraction of sp³-hybridized carbons (Fsp3) is 0.581. The third-order valence-corrected chi connectivity index (χ3v) is 8.09. The van der Waals surface area contributed by atoms with Crippen molar-refractivity contribution < 1.29 is 52.2 Å². The van der Waals surface area contributed by atoms with Crippen LogP contribution in [0.3, 0.4) is 0 Å². The predicted molar refractivity (Wildman–Crippen MR) is 160 cm³/mol. The molecular weight excluding hydrogens is 612 g/mol. The van der Waals surface area contributed by atoms with Gasteiger partial charge in [-0.15, -0.1) is 0 Å². The molecule has 6 atom stereocenters. The lowest BCUT2D eigenvalue weighted by Gasteiger charge is -2.32. The minimum Gasteiger partial charge on any atom is -0.502 e. The Labute approximate surface area is 265 Å². The van der Waals surface area contributed by atoms with E-state index in [1.165, 1.54) is 21.3 Å². The summed E-state index contributed by atoms with van der Waals surface area (Å²) >= 11 is 0. The third kappa shape index (κ3) is 6.76. The summed E-state index contributed by atoms with van der Waals surface area (Å²) in [6.45, 7) is 5.52. The maximum Gasteiger partial charge on any atom is 0.413 e. The monoisotopic (exact) mass is 653 g/mol. The average molecular weight is 654 g/mol. The van der Waals surface area contributed by atoms with E-state index in [0.29, 0.717) is 41.8 Å². The number of alkyl halides is 2. The smallest absolute Gasteiger partial charge is 0.413 e. The summed E-state index contributed by atoms with van der Waals surface area (Å²) in [7, 11) is 4.17. The van der Waals surface area contributed by atoms with Gasteiger partial charge in [0.25, 0.3) is 0 Å². The highest BCUT2D eigenvalue weighted by molar-refractivity contribution is 5.83. The van der Waals surface area contributed by atoms with Crippen molar-refractivity contribution in [3.05, 3.63) is 69.3 Å². The third-order valence-electron chi connectivity index (χ3n) is 8.09. The lowest BCUT2D eigenvalue weighted by Crippen LogP contribution is -2.42. The molecule has 254 valence electrons. The van der Waals surface area contributed by atoms with Crippen LogP contribution in [0, 0.1) is 11.8 Å². The van der Waals surface area contributed by atoms with Crippen LogP contribution in [0.1, 0.15) is 52.7 Å². The van der Waals surface area contributed by atoms with Gasteiger partial charge in [-0.1, -0.05) is 27.2 Å². The topological polar surface area (TPSA) is 160 Å². The molecule has 4 rings (SSSR count). The van der Waals surface area contributed by atoms with E-state index < -0.39 is 48.2 Å². The lowest BCUT2D eigenvalue weighted by atomic mass is 9.87. The molecule has 1 amide bonds. The zero-order valence-electron chi connectivity index (χ0n) is 26.6. The maximum atomic E-state index is 14.7. The maximum absolute atomic E-state index is 14.7. The molecule has 1 fully saturated rings. The van der Waals surface area contributed by atoms with Gasteiger partial charge in [0.2, 0.25) is 6.23 Å². The number of aliphatic hydroxyl groups is 2. The normalized spacial score (nSPS) is 26.3. The van der Waals surface area contributed by atoms with E-state index in [0.717, 1.165) is 17.8 Å². The number of aromatic nitrogens is 2. The molecule has 3 aliphatic rings. The Hall–Kier alpha value is -3.95. The molecule has 0 bridgehead atoms. The number of anilines is 1. The van der Waals surface area contributed by atoms with E-state index in [4.69, 9.17) is 28.4 Å². The number of nitrogens with one attached hydrogen (secondary N) is 1. The second kappa shape index (κ2) is 14.6. The fourth-order valence-electron chi connectivity index (χ4n) is 5.75. The van der Waals surface area contributed by atoms with E-state index >= 15 is 0 Å². The quantitative estimate of drug-likeness (QED) is 0.287. The summed E-state index contributed by atoms with van der Waals surface area (Å²) in [6.07, 6.45) is -0.703. The molecule has 0 spiro atoms. The molecule has 1 aromatic rings. The molecule has 1 aromatic heterocycles. The highest BCUT2D eigenvalue weighted by Crippen LogP contribution is 2.44. The van der Waals surface area contributed by atoms with Crippen molar-refractivity contribution in [2.75, 3.05) is 33.3 Å². The van der Waals surface area contributed by atoms with Crippen molar-refractivity contribution in [1.82, 2.24) is 9.55 Å². The number of hydrogen-bond donors (Lipinski definition) is 3. The Balaban J connectivity index is 1.54. The highest BCUT2D eigenvalue weighted by atomic mass is 19.3. The van der Waals surface area contributed by atoms with Crippen LogP contribution in [0.15, 0.2) is 63.6 Å². The standard InChI is InChI=1S/C31H41F2N3O10/c1-7-10-19(20-13-16(8-2)18-14-21(42-5)24(37)26(43-6)17(9-3)25(18)44-20)46-30(40)35-23-11-12-36(29(39)34-23)28-31(32,33)27(38)22(45-28)15-41-4/h11-14,16-17,19,22,27-28,37-38H,7-10,15H2,1-6H3,(H,34,35,39,40)/t16-,17?,19-,22-,27-,28-/m1/s1. The number of carbonyl (C=O) groups excluding carboxylic acids is 1. The van der Waals surface area contributed by atoms with Gasteiger partial charge >= 0.3 is 17.7 Å². The Morgan fingerprint density at radius 3 is 2.52 bits per heavy atom. The molecule has 1 aliphatic carbocycles. The van der Waals surface area contributed by atoms with Gasteiger partial charge in [-0.2, -0.15) is 13.8 Å². The summed E-state index contributed by atoms with van der Waals surface area (Å²) < 4.78 is 63.1. The van der Waals surface area contributed by atoms with Crippen LogP contribution in [0.25, 0.3) is 0 Å². The fourth-order valence-corrected chi connectivity index (χ4v) is 5.75. The van der Waals surface area contributed by atoms with Gasteiger partial charge < -0.3 is 38.6 Å². The minimum atomic E-state index is -3.80. The zero-order valence-corrected chi connectivity index (χ0v) is 26.6. The Kier molecular flexibility index (Phi) is 11.1. The number of rotatable bonds is 12. The second-order valence-corrected chi connectivity index (χ2v) is 11.0. The molecule has 0 radical (unpaired) electrons. The van der Waals surface area contributed by atoms with Gasteiger partial charge in [-0.05, 0) is 37.5 Å². The molecule has 1 unspecified atom stereocenters. The molecule has 0 aromatic carbocycles. The van der Waals surface area contributed by atoms with Crippen molar-refractivity contribution in [3.8, 4) is 0 Å². The first-order valence-electron chi connectivity index (χ1n) is 15.1. The largest absolute Gasteiger partial charge is 0.502 e. The summed E-state index contributed by atoms with van der Waals surface area (Å²) in [4.78, 5) is 29.4. The van der Waals surface area contributed by atoms with Gasteiger partial charge in [-0.3, -0.25) is 9.88 Å². The average Bonchev–Trinajstić information content (AvgIpc) is 3.17. The molecule has 15 heteroatoms. The van der Waals surface area contributed by atoms with Crippen LogP contribution in [0.4, 0.5) is 19.4 Å². The molecule has 3 N–H and O–H groups in total. The summed E-state index contributed by atoms with van der Waals surface area (Å²) in [5.74, 6) is -3.34. The van der Waals surface area contributed by atoms with E-state index in [9.17, 15) is 28.6 Å². The summed E-state index contributed by atoms with van der Waals surface area (Å²) in [5.41, 5.74) is -0.343. The molecule has 13 nitrogen and oxygen atoms in total. The summed E-state index contributed by atoms with van der Waals surface area (Å²) in [6, 6.07) is 1.13. The Morgan fingerprint density at radius 2 is 1.93 bits per heavy atom. The number of ether oxygens (including phenoxy) is 6. The van der Waals surface area contributed by atoms with Gasteiger partial charge in [0.1, 0.15) is 23.4 Å². The zero-order chi connectivity index (χ0) is 33.8. The van der Waals surface area contributed by atoms with Gasteiger partial charge in [0.05, 0.1) is 26.7 Å². The highest BCUT2D eigenvalue weighted by Gasteiger charge is 2.59. The van der Waals surface area contributed by atoms with Crippen molar-refractivity contribution >= 4 is 11.9 Å². The van der Waals surface area contributed by atoms with Crippen molar-refractivity contribution in [2.45, 2.75) is 76.9 Å². The van der Waals surface area contributed by atoms with E-state index in [2.05, 4.69) is 10.3 Å². The van der Waals surface area contributed by atoms with Crippen molar-refractivity contribution in [3.63, 3.8) is 0 Å². The number of halogens is 2. The van der Waals surface area contributed by atoms with Gasteiger partial charge in [-0.25, -0.2) is 9.59 Å². The molecular formula is C31H41F2N3O10. The molecule has 3 heterocycles. The molecule has 0 saturated carbocycles. The predicted octanol–water partition coefficient (Wildman–Crippen LogP) is 4.68. The van der Waals surface area contributed by atoms with Crippen LogP contribution in [-0.2, 0) is 28.4 Å². The molecule has 1 saturated heterocycles. The van der Waals surface area contributed by atoms with Crippen molar-refractivity contribution in [1.29, 1.82) is 0 Å². The lowest BCUT2D eigenvalue weighted by molar-refractivity contribution is -0.141. The number of nitrogens with zero attached hydrogens (tertiary/aromatic N) is 2. The van der Waals surface area contributed by atoms with E-state index in [1.54, 1.807) is 6.08 Å². The van der Waals surface area contributed by atoms with Crippen LogP contribution < -0.4 is 11.0 Å². The SMILES string of the molecule is CCC[C@@H](OC(=O)Nc1ccn([C@@H]2O[C@H](COC)[C@@H](O)C2(F)F)c(=O)n1)C1=C[C@@H](CC)C2=C(O1)C(CC)C(OC)=C(O)C(OC)=C2. The van der Waals surface area contributed by atoms with Gasteiger partial charge in [0, 0.05) is 24.8 Å². The van der Waals surface area contributed by atoms with Crippen LogP contribution in [-0.4, -0.2) is 78.0 Å². The van der Waals surface area contributed by atoms with Crippen LogP contribution >= 0.6 is 0 Å². The molecule has 2 aliphatic heterocycles. The van der Waals surface area contributed by atoms with Crippen LogP contribution in [0.2, 0.25) is 0 Å². The summed E-state index contributed by atoms with van der Waals surface area (Å²) in [5, 5.41) is 23.2. The first-order chi connectivity index (χ1) is 21.9. The second-order valence-electron chi connectivity index (χ2n) is 11.0. The minimum absolute atomic E-state index is 0.129. The first-order valence-corrected chi connectivity index (χ1v) is 15.1. The number of amides is 1. The van der Waals surface area contributed by atoms with Gasteiger partial charge in [0.15, 0.2) is 29.5 Å². The number of allylic oxidation sites excluding steroid dienone is 3. The number of aliphatic hydroxyl groups excluding tert-OH is 2. The number of hydrogen-bond acceptors (Lipinski definition) is 11. The number of methoxy groups -OCH3 is 3. The Morgan fingerprint density at radius 1 is 1.20 bits per heavy atom. The van der Waals surface area contributed by atoms with E-state index in [-0.39, 0.29) is 35.6 Å². The van der Waals surface area contributed by atoms with E-state index in [1.807, 2.05) is 26.8 Å².